The molecule has 0 saturated heterocycles. The first-order chi connectivity index (χ1) is 28.4. The fourth-order valence-electron chi connectivity index (χ4n) is 11.4. The Kier molecular flexibility index (Phi) is 6.19. The third-order valence-corrected chi connectivity index (χ3v) is 14.6. The number of nitrogens with one attached hydrogen (secondary N) is 1. The lowest BCUT2D eigenvalue weighted by molar-refractivity contribution is 0.245. The molecule has 0 fully saturated rings. The molecule has 0 radical (unpaired) electrons. The predicted octanol–water partition coefficient (Wildman–Crippen LogP) is 15.7. The Labute approximate surface area is 336 Å². The Morgan fingerprint density at radius 3 is 1.84 bits per heavy atom. The van der Waals surface area contributed by atoms with E-state index >= 15 is 0 Å². The van der Waals surface area contributed by atoms with Gasteiger partial charge in [0.1, 0.15) is 0 Å². The standard InChI is InChI=1S/C56H40N2/c1-55(2)47-30-34-23-25-44-49(28-27-48-52(44)51(34)54(57-48)53(47)46-22-12-13-29-56(46,55)3)58(50-31-33-14-4-5-15-36(33)37-16-10-11-21-43(37)50)35-24-26-42-40-19-7-6-17-38(40)39-18-8-9-20-41(39)45(42)32-35/h4-32,46,57H,1-3H3. The number of benzene rings is 10. The Morgan fingerprint density at radius 2 is 1.10 bits per heavy atom. The molecule has 2 nitrogen and oxygen atoms in total. The van der Waals surface area contributed by atoms with Crippen LogP contribution >= 0.6 is 0 Å². The van der Waals surface area contributed by atoms with Gasteiger partial charge in [-0.15, -0.1) is 0 Å². The van der Waals surface area contributed by atoms with Crippen molar-refractivity contribution < 1.29 is 0 Å². The zero-order chi connectivity index (χ0) is 38.5. The van der Waals surface area contributed by atoms with Gasteiger partial charge in [-0.1, -0.05) is 166 Å². The summed E-state index contributed by atoms with van der Waals surface area (Å²) in [6.45, 7) is 7.33. The zero-order valence-corrected chi connectivity index (χ0v) is 32.8. The molecule has 1 heterocycles. The minimum Gasteiger partial charge on any atom is -0.354 e. The highest BCUT2D eigenvalue weighted by molar-refractivity contribution is 6.29. The lowest BCUT2D eigenvalue weighted by atomic mass is 9.62. The van der Waals surface area contributed by atoms with Crippen LogP contribution in [0.3, 0.4) is 0 Å². The highest BCUT2D eigenvalue weighted by Gasteiger charge is 2.54. The molecule has 0 amide bonds. The number of fused-ring (bicyclic) bond motifs is 13. The van der Waals surface area contributed by atoms with E-state index in [2.05, 4.69) is 207 Å². The summed E-state index contributed by atoms with van der Waals surface area (Å²) in [5.74, 6) is 0.308. The van der Waals surface area contributed by atoms with Gasteiger partial charge in [0, 0.05) is 44.1 Å². The van der Waals surface area contributed by atoms with Gasteiger partial charge in [0.05, 0.1) is 16.9 Å². The van der Waals surface area contributed by atoms with Crippen LogP contribution in [0, 0.1) is 5.41 Å². The summed E-state index contributed by atoms with van der Waals surface area (Å²) in [4.78, 5) is 6.58. The molecule has 2 aliphatic rings. The summed E-state index contributed by atoms with van der Waals surface area (Å²) in [6.07, 6.45) is 9.38. The second-order valence-electron chi connectivity index (χ2n) is 17.5. The van der Waals surface area contributed by atoms with Crippen LogP contribution in [0.4, 0.5) is 17.1 Å². The first kappa shape index (κ1) is 32.2. The van der Waals surface area contributed by atoms with Crippen molar-refractivity contribution in [2.45, 2.75) is 32.1 Å². The molecule has 2 aliphatic carbocycles. The van der Waals surface area contributed by atoms with Gasteiger partial charge in [-0.05, 0) is 101 Å². The molecule has 0 saturated carbocycles. The topological polar surface area (TPSA) is 19.0 Å². The summed E-state index contributed by atoms with van der Waals surface area (Å²) in [7, 11) is 0. The van der Waals surface area contributed by atoms with Gasteiger partial charge in [-0.3, -0.25) is 0 Å². The summed E-state index contributed by atoms with van der Waals surface area (Å²) in [5.41, 5.74) is 8.86. The third-order valence-electron chi connectivity index (χ3n) is 14.6. The summed E-state index contributed by atoms with van der Waals surface area (Å²) in [6, 6.07) is 57.0. The molecular weight excluding hydrogens is 701 g/mol. The second kappa shape index (κ2) is 11.1. The maximum Gasteiger partial charge on any atom is 0.0546 e. The van der Waals surface area contributed by atoms with Gasteiger partial charge >= 0.3 is 0 Å². The molecule has 13 rings (SSSR count). The highest BCUT2D eigenvalue weighted by atomic mass is 15.1. The van der Waals surface area contributed by atoms with Crippen LogP contribution in [0.15, 0.2) is 176 Å². The van der Waals surface area contributed by atoms with Crippen LogP contribution in [0.1, 0.15) is 37.8 Å². The summed E-state index contributed by atoms with van der Waals surface area (Å²) < 4.78 is 0. The van der Waals surface area contributed by atoms with Gasteiger partial charge in [0.2, 0.25) is 0 Å². The number of aromatic nitrogens is 1. The van der Waals surface area contributed by atoms with E-state index in [4.69, 9.17) is 0 Å². The van der Waals surface area contributed by atoms with E-state index in [1.165, 1.54) is 109 Å². The Bertz CT molecular complexity index is 3600. The van der Waals surface area contributed by atoms with Crippen molar-refractivity contribution in [3.05, 3.63) is 187 Å². The van der Waals surface area contributed by atoms with E-state index in [0.717, 1.165) is 5.69 Å². The molecule has 0 bridgehead atoms. The second-order valence-corrected chi connectivity index (χ2v) is 17.5. The molecule has 2 unspecified atom stereocenters. The largest absolute Gasteiger partial charge is 0.354 e. The van der Waals surface area contributed by atoms with Crippen molar-refractivity contribution in [1.82, 2.24) is 4.98 Å². The van der Waals surface area contributed by atoms with Crippen LogP contribution in [0.2, 0.25) is 0 Å². The number of anilines is 3. The minimum absolute atomic E-state index is 0.00178. The number of nitrogens with zero attached hydrogens (tertiary/aromatic N) is 1. The van der Waals surface area contributed by atoms with E-state index in [-0.39, 0.29) is 10.8 Å². The average molecular weight is 741 g/mol. The molecule has 0 aliphatic heterocycles. The fraction of sp³-hybridized carbons (Fsp3) is 0.107. The zero-order valence-electron chi connectivity index (χ0n) is 32.8. The normalized spacial score (nSPS) is 18.5. The van der Waals surface area contributed by atoms with Crippen molar-refractivity contribution in [2.24, 2.45) is 5.41 Å². The van der Waals surface area contributed by atoms with Crippen molar-refractivity contribution in [1.29, 1.82) is 0 Å². The van der Waals surface area contributed by atoms with E-state index < -0.39 is 0 Å². The first-order valence-corrected chi connectivity index (χ1v) is 20.6. The van der Waals surface area contributed by atoms with Crippen LogP contribution in [-0.2, 0) is 5.41 Å². The fourth-order valence-corrected chi connectivity index (χ4v) is 11.4. The number of hydrogen-bond acceptors (Lipinski definition) is 1. The average Bonchev–Trinajstić information content (AvgIpc) is 3.74. The number of allylic oxidation sites excluding steroid dienone is 4. The smallest absolute Gasteiger partial charge is 0.0546 e. The quantitative estimate of drug-likeness (QED) is 0.179. The molecule has 1 N–H and O–H groups in total. The Hall–Kier alpha value is -6.90. The predicted molar refractivity (Wildman–Crippen MR) is 249 cm³/mol. The molecular formula is C56H40N2. The van der Waals surface area contributed by atoms with Crippen molar-refractivity contribution >= 4 is 104 Å². The van der Waals surface area contributed by atoms with Crippen molar-refractivity contribution in [2.75, 3.05) is 4.90 Å². The third kappa shape index (κ3) is 3.97. The Balaban J connectivity index is 1.14. The molecule has 10 aromatic carbocycles. The van der Waals surface area contributed by atoms with Gasteiger partial charge in [-0.25, -0.2) is 0 Å². The van der Waals surface area contributed by atoms with Crippen LogP contribution in [-0.4, -0.2) is 4.98 Å². The molecule has 0 spiro atoms. The van der Waals surface area contributed by atoms with Gasteiger partial charge in [0.25, 0.3) is 0 Å². The maximum absolute atomic E-state index is 4.03. The van der Waals surface area contributed by atoms with Crippen molar-refractivity contribution in [3.63, 3.8) is 0 Å². The van der Waals surface area contributed by atoms with Gasteiger partial charge in [-0.2, -0.15) is 0 Å². The van der Waals surface area contributed by atoms with Crippen LogP contribution in [0.5, 0.6) is 0 Å². The van der Waals surface area contributed by atoms with Gasteiger partial charge in [0.15, 0.2) is 0 Å². The highest BCUT2D eigenvalue weighted by Crippen LogP contribution is 2.63. The molecule has 11 aromatic rings. The number of hydrogen-bond donors (Lipinski definition) is 1. The lowest BCUT2D eigenvalue weighted by Crippen LogP contribution is -2.36. The first-order valence-electron chi connectivity index (χ1n) is 20.6. The molecule has 274 valence electrons. The van der Waals surface area contributed by atoms with Crippen LogP contribution < -0.4 is 4.90 Å². The van der Waals surface area contributed by atoms with E-state index in [0.29, 0.717) is 5.92 Å². The molecule has 58 heavy (non-hydrogen) atoms. The van der Waals surface area contributed by atoms with Crippen LogP contribution in [0.25, 0.3) is 86.4 Å². The van der Waals surface area contributed by atoms with E-state index in [9.17, 15) is 0 Å². The molecule has 2 atom stereocenters. The summed E-state index contributed by atoms with van der Waals surface area (Å²) in [5, 5.41) is 17.9. The number of aromatic amines is 1. The Morgan fingerprint density at radius 1 is 0.483 bits per heavy atom. The summed E-state index contributed by atoms with van der Waals surface area (Å²) >= 11 is 0. The SMILES string of the molecule is CC1(C)c2cc3ccc4c(N(c5ccc6c7ccccc7c7ccccc7c6c5)c5cc6ccccc6c6ccccc56)ccc5[nH]c(c2C2C=CC=CC21C)c3c54. The number of rotatable bonds is 3. The molecule has 1 aromatic heterocycles. The lowest BCUT2D eigenvalue weighted by Gasteiger charge is -2.41. The van der Waals surface area contributed by atoms with Gasteiger partial charge < -0.3 is 9.88 Å². The monoisotopic (exact) mass is 740 g/mol. The van der Waals surface area contributed by atoms with Crippen molar-refractivity contribution in [3.8, 4) is 0 Å². The maximum atomic E-state index is 4.03. The molecule has 2 heteroatoms. The van der Waals surface area contributed by atoms with E-state index in [1.807, 2.05) is 0 Å². The minimum atomic E-state index is -0.0188. The van der Waals surface area contributed by atoms with E-state index in [1.54, 1.807) is 0 Å². The number of H-pyrrole nitrogens is 1.